The standard InChI is InChI=1S/C18H24F2N2O2/c1-24-16-5-3-2-4-14(16)15-12-21-10-11-22(15)17(23)13-6-8-18(19,20)9-7-13/h2-5,13,15,21H,6-12H2,1H3/t15-/m0/s1. The highest BCUT2D eigenvalue weighted by Gasteiger charge is 2.40. The second kappa shape index (κ2) is 7.05. The maximum absolute atomic E-state index is 13.4. The van der Waals surface area contributed by atoms with Crippen LogP contribution in [0.15, 0.2) is 24.3 Å². The number of benzene rings is 1. The Hall–Kier alpha value is -1.69. The summed E-state index contributed by atoms with van der Waals surface area (Å²) in [7, 11) is 1.62. The summed E-state index contributed by atoms with van der Waals surface area (Å²) in [6.07, 6.45) is 0.173. The number of piperazine rings is 1. The molecule has 0 unspecified atom stereocenters. The molecular formula is C18H24F2N2O2. The SMILES string of the molecule is COc1ccccc1[C@@H]1CNCCN1C(=O)C1CCC(F)(F)CC1. The number of carbonyl (C=O) groups is 1. The number of nitrogens with one attached hydrogen (secondary N) is 1. The third-order valence-corrected chi connectivity index (χ3v) is 5.09. The molecule has 1 saturated carbocycles. The van der Waals surface area contributed by atoms with E-state index < -0.39 is 5.92 Å². The number of hydrogen-bond donors (Lipinski definition) is 1. The predicted octanol–water partition coefficient (Wildman–Crippen LogP) is 2.99. The van der Waals surface area contributed by atoms with Crippen molar-refractivity contribution < 1.29 is 18.3 Å². The van der Waals surface area contributed by atoms with Gasteiger partial charge < -0.3 is 15.0 Å². The molecule has 0 aromatic heterocycles. The first-order valence-corrected chi connectivity index (χ1v) is 8.54. The molecule has 1 N–H and O–H groups in total. The fourth-order valence-corrected chi connectivity index (χ4v) is 3.71. The van der Waals surface area contributed by atoms with Gasteiger partial charge in [0.15, 0.2) is 0 Å². The Labute approximate surface area is 141 Å². The van der Waals surface area contributed by atoms with Gasteiger partial charge in [-0.2, -0.15) is 0 Å². The normalized spacial score (nSPS) is 24.6. The first-order chi connectivity index (χ1) is 11.5. The van der Waals surface area contributed by atoms with Crippen LogP contribution < -0.4 is 10.1 Å². The lowest BCUT2D eigenvalue weighted by Crippen LogP contribution is -2.51. The van der Waals surface area contributed by atoms with Crippen LogP contribution >= 0.6 is 0 Å². The van der Waals surface area contributed by atoms with Crippen LogP contribution in [-0.2, 0) is 4.79 Å². The van der Waals surface area contributed by atoms with E-state index in [1.807, 2.05) is 29.2 Å². The number of hydrogen-bond acceptors (Lipinski definition) is 3. The van der Waals surface area contributed by atoms with Gasteiger partial charge in [-0.3, -0.25) is 4.79 Å². The number of rotatable bonds is 3. The van der Waals surface area contributed by atoms with Gasteiger partial charge in [-0.05, 0) is 18.9 Å². The van der Waals surface area contributed by atoms with Gasteiger partial charge in [0, 0.05) is 44.0 Å². The van der Waals surface area contributed by atoms with Crippen LogP contribution in [0.2, 0.25) is 0 Å². The molecule has 1 aromatic carbocycles. The highest BCUT2D eigenvalue weighted by Crippen LogP contribution is 2.38. The van der Waals surface area contributed by atoms with Gasteiger partial charge in [-0.1, -0.05) is 18.2 Å². The van der Waals surface area contributed by atoms with Gasteiger partial charge in [0.2, 0.25) is 11.8 Å². The molecule has 1 saturated heterocycles. The second-order valence-corrected chi connectivity index (χ2v) is 6.62. The van der Waals surface area contributed by atoms with Crippen molar-refractivity contribution in [2.45, 2.75) is 37.6 Å². The van der Waals surface area contributed by atoms with Crippen molar-refractivity contribution in [3.8, 4) is 5.75 Å². The molecule has 0 spiro atoms. The van der Waals surface area contributed by atoms with E-state index in [0.29, 0.717) is 13.1 Å². The second-order valence-electron chi connectivity index (χ2n) is 6.62. The smallest absolute Gasteiger partial charge is 0.248 e. The van der Waals surface area contributed by atoms with Crippen molar-refractivity contribution in [2.24, 2.45) is 5.92 Å². The van der Waals surface area contributed by atoms with Gasteiger partial charge in [0.1, 0.15) is 5.75 Å². The van der Waals surface area contributed by atoms with Crippen molar-refractivity contribution in [1.82, 2.24) is 10.2 Å². The van der Waals surface area contributed by atoms with E-state index in [1.165, 1.54) is 0 Å². The predicted molar refractivity (Wildman–Crippen MR) is 87.2 cm³/mol. The maximum atomic E-state index is 13.4. The van der Waals surface area contributed by atoms with Crippen LogP contribution in [0.5, 0.6) is 5.75 Å². The Bertz CT molecular complexity index is 584. The molecule has 1 aliphatic carbocycles. The average molecular weight is 338 g/mol. The van der Waals surface area contributed by atoms with Gasteiger partial charge in [-0.25, -0.2) is 8.78 Å². The van der Waals surface area contributed by atoms with Crippen LogP contribution in [0.3, 0.4) is 0 Å². The van der Waals surface area contributed by atoms with Crippen molar-refractivity contribution in [3.63, 3.8) is 0 Å². The molecule has 6 heteroatoms. The van der Waals surface area contributed by atoms with Crippen molar-refractivity contribution in [2.75, 3.05) is 26.7 Å². The van der Waals surface area contributed by atoms with E-state index >= 15 is 0 Å². The largest absolute Gasteiger partial charge is 0.496 e. The first kappa shape index (κ1) is 17.1. The number of alkyl halides is 2. The third-order valence-electron chi connectivity index (χ3n) is 5.09. The summed E-state index contributed by atoms with van der Waals surface area (Å²) in [6, 6.07) is 7.55. The summed E-state index contributed by atoms with van der Waals surface area (Å²) in [5.41, 5.74) is 0.960. The van der Waals surface area contributed by atoms with Gasteiger partial charge in [-0.15, -0.1) is 0 Å². The van der Waals surface area contributed by atoms with Crippen molar-refractivity contribution >= 4 is 5.91 Å². The Morgan fingerprint density at radius 1 is 1.29 bits per heavy atom. The van der Waals surface area contributed by atoms with E-state index in [1.54, 1.807) is 7.11 Å². The van der Waals surface area contributed by atoms with E-state index in [0.717, 1.165) is 17.9 Å². The number of nitrogens with zero attached hydrogens (tertiary/aromatic N) is 1. The molecule has 1 aliphatic heterocycles. The van der Waals surface area contributed by atoms with E-state index in [4.69, 9.17) is 4.74 Å². The fraction of sp³-hybridized carbons (Fsp3) is 0.611. The zero-order valence-electron chi connectivity index (χ0n) is 13.9. The highest BCUT2D eigenvalue weighted by molar-refractivity contribution is 5.79. The molecule has 1 aromatic rings. The molecule has 1 atom stereocenters. The lowest BCUT2D eigenvalue weighted by atomic mass is 9.85. The number of ether oxygens (including phenoxy) is 1. The average Bonchev–Trinajstić information content (AvgIpc) is 2.61. The lowest BCUT2D eigenvalue weighted by Gasteiger charge is -2.40. The Morgan fingerprint density at radius 3 is 2.71 bits per heavy atom. The van der Waals surface area contributed by atoms with Crippen LogP contribution in [-0.4, -0.2) is 43.5 Å². The van der Waals surface area contributed by atoms with Crippen molar-refractivity contribution in [1.29, 1.82) is 0 Å². The maximum Gasteiger partial charge on any atom is 0.248 e. The van der Waals surface area contributed by atoms with Gasteiger partial charge in [0.25, 0.3) is 0 Å². The summed E-state index contributed by atoms with van der Waals surface area (Å²) >= 11 is 0. The topological polar surface area (TPSA) is 41.6 Å². The zero-order chi connectivity index (χ0) is 17.2. The molecule has 24 heavy (non-hydrogen) atoms. The summed E-state index contributed by atoms with van der Waals surface area (Å²) in [6.45, 7) is 1.96. The molecule has 2 fully saturated rings. The number of amides is 1. The fourth-order valence-electron chi connectivity index (χ4n) is 3.71. The Kier molecular flexibility index (Phi) is 5.04. The van der Waals surface area contributed by atoms with Crippen LogP contribution in [0.1, 0.15) is 37.3 Å². The number of methoxy groups -OCH3 is 1. The first-order valence-electron chi connectivity index (χ1n) is 8.54. The summed E-state index contributed by atoms with van der Waals surface area (Å²) in [5.74, 6) is -2.15. The molecule has 0 radical (unpaired) electrons. The number of carbonyl (C=O) groups excluding carboxylic acids is 1. The quantitative estimate of drug-likeness (QED) is 0.921. The monoisotopic (exact) mass is 338 g/mol. The summed E-state index contributed by atoms with van der Waals surface area (Å²) in [4.78, 5) is 14.8. The Balaban J connectivity index is 1.78. The Morgan fingerprint density at radius 2 is 2.00 bits per heavy atom. The third kappa shape index (κ3) is 3.53. The van der Waals surface area contributed by atoms with E-state index in [9.17, 15) is 13.6 Å². The molecule has 132 valence electrons. The summed E-state index contributed by atoms with van der Waals surface area (Å²) in [5, 5.41) is 3.32. The molecule has 1 heterocycles. The minimum atomic E-state index is -2.61. The highest BCUT2D eigenvalue weighted by atomic mass is 19.3. The molecule has 0 bridgehead atoms. The molecular weight excluding hydrogens is 314 g/mol. The molecule has 1 amide bonds. The minimum absolute atomic E-state index is 0.00269. The minimum Gasteiger partial charge on any atom is -0.496 e. The zero-order valence-corrected chi connectivity index (χ0v) is 13.9. The van der Waals surface area contributed by atoms with Crippen molar-refractivity contribution in [3.05, 3.63) is 29.8 Å². The van der Waals surface area contributed by atoms with E-state index in [2.05, 4.69) is 5.32 Å². The van der Waals surface area contributed by atoms with Crippen LogP contribution in [0.25, 0.3) is 0 Å². The molecule has 3 rings (SSSR count). The van der Waals surface area contributed by atoms with E-state index in [-0.39, 0.29) is 43.6 Å². The van der Waals surface area contributed by atoms with Gasteiger partial charge >= 0.3 is 0 Å². The van der Waals surface area contributed by atoms with Gasteiger partial charge in [0.05, 0.1) is 13.2 Å². The van der Waals surface area contributed by atoms with Crippen LogP contribution in [0, 0.1) is 5.92 Å². The number of para-hydroxylation sites is 1. The van der Waals surface area contributed by atoms with Crippen LogP contribution in [0.4, 0.5) is 8.78 Å². The number of halogens is 2. The molecule has 4 nitrogen and oxygen atoms in total. The summed E-state index contributed by atoms with van der Waals surface area (Å²) < 4.78 is 32.2. The lowest BCUT2D eigenvalue weighted by molar-refractivity contribution is -0.143. The molecule has 2 aliphatic rings.